The Morgan fingerprint density at radius 3 is 2.50 bits per heavy atom. The fourth-order valence-electron chi connectivity index (χ4n) is 1.29. The maximum absolute atomic E-state index is 6.10. The molecular formula is C11H21N3O2. The molecule has 92 valence electrons. The predicted octanol–water partition coefficient (Wildman–Crippen LogP) is 1.67. The van der Waals surface area contributed by atoms with E-state index in [1.54, 1.807) is 0 Å². The third-order valence-corrected chi connectivity index (χ3v) is 2.85. The zero-order valence-electron chi connectivity index (χ0n) is 10.3. The Bertz CT molecular complexity index is 308. The van der Waals surface area contributed by atoms with Gasteiger partial charge in [-0.15, -0.1) is 0 Å². The summed E-state index contributed by atoms with van der Waals surface area (Å²) in [4.78, 5) is 4.16. The van der Waals surface area contributed by atoms with Gasteiger partial charge in [0.2, 0.25) is 0 Å². The lowest BCUT2D eigenvalue weighted by atomic mass is 9.96. The third kappa shape index (κ3) is 3.57. The minimum absolute atomic E-state index is 0.242. The first-order valence-electron chi connectivity index (χ1n) is 5.81. The van der Waals surface area contributed by atoms with Gasteiger partial charge in [-0.3, -0.25) is 0 Å². The number of ether oxygens (including phenoxy) is 1. The largest absolute Gasteiger partial charge is 0.370 e. The lowest BCUT2D eigenvalue weighted by Gasteiger charge is -2.25. The Morgan fingerprint density at radius 1 is 1.31 bits per heavy atom. The van der Waals surface area contributed by atoms with Gasteiger partial charge in [-0.1, -0.05) is 25.9 Å². The highest BCUT2D eigenvalue weighted by molar-refractivity contribution is 4.85. The van der Waals surface area contributed by atoms with Crippen molar-refractivity contribution >= 4 is 0 Å². The summed E-state index contributed by atoms with van der Waals surface area (Å²) in [5.41, 5.74) is 5.86. The molecule has 0 aliphatic carbocycles. The summed E-state index contributed by atoms with van der Waals surface area (Å²) in [6, 6.07) is 0. The van der Waals surface area contributed by atoms with Crippen LogP contribution in [-0.4, -0.2) is 22.3 Å². The zero-order chi connectivity index (χ0) is 12.0. The van der Waals surface area contributed by atoms with Crippen molar-refractivity contribution < 1.29 is 9.26 Å². The Hall–Kier alpha value is -0.940. The number of aromatic nitrogens is 2. The highest BCUT2D eigenvalue weighted by atomic mass is 16.5. The van der Waals surface area contributed by atoms with E-state index in [2.05, 4.69) is 24.0 Å². The van der Waals surface area contributed by atoms with Gasteiger partial charge in [0.05, 0.1) is 6.61 Å². The van der Waals surface area contributed by atoms with Crippen molar-refractivity contribution in [2.45, 2.75) is 52.2 Å². The van der Waals surface area contributed by atoms with Gasteiger partial charge in [0.1, 0.15) is 6.61 Å². The summed E-state index contributed by atoms with van der Waals surface area (Å²) in [6.07, 6.45) is 2.56. The van der Waals surface area contributed by atoms with Crippen molar-refractivity contribution in [2.24, 2.45) is 5.73 Å². The summed E-state index contributed by atoms with van der Waals surface area (Å²) < 4.78 is 10.5. The van der Waals surface area contributed by atoms with E-state index in [1.165, 1.54) is 0 Å². The molecule has 1 rings (SSSR count). The lowest BCUT2D eigenvalue weighted by molar-refractivity contribution is 0.0542. The van der Waals surface area contributed by atoms with Crippen LogP contribution in [0.1, 0.15) is 45.3 Å². The summed E-state index contributed by atoms with van der Waals surface area (Å²) in [5, 5.41) is 3.79. The molecule has 0 bridgehead atoms. The molecule has 0 amide bonds. The minimum Gasteiger partial charge on any atom is -0.370 e. The number of nitrogens with zero attached hydrogens (tertiary/aromatic N) is 2. The standard InChI is InChI=1S/C11H21N3O2/c1-4-9-13-10(16-14-9)7-15-8-11(12,5-2)6-3/h4-8,12H2,1-3H3. The van der Waals surface area contributed by atoms with E-state index >= 15 is 0 Å². The monoisotopic (exact) mass is 227 g/mol. The lowest BCUT2D eigenvalue weighted by Crippen LogP contribution is -2.43. The molecule has 1 aromatic heterocycles. The average molecular weight is 227 g/mol. The number of hydrogen-bond donors (Lipinski definition) is 1. The second-order valence-electron chi connectivity index (χ2n) is 4.02. The zero-order valence-corrected chi connectivity index (χ0v) is 10.3. The smallest absolute Gasteiger partial charge is 0.252 e. The van der Waals surface area contributed by atoms with Gasteiger partial charge in [-0.25, -0.2) is 0 Å². The number of nitrogens with two attached hydrogens (primary N) is 1. The molecule has 0 spiro atoms. The van der Waals surface area contributed by atoms with Crippen molar-refractivity contribution in [3.63, 3.8) is 0 Å². The number of rotatable bonds is 7. The Labute approximate surface area is 96.4 Å². The van der Waals surface area contributed by atoms with E-state index in [0.29, 0.717) is 24.9 Å². The number of hydrogen-bond acceptors (Lipinski definition) is 5. The van der Waals surface area contributed by atoms with Crippen LogP contribution in [-0.2, 0) is 17.8 Å². The van der Waals surface area contributed by atoms with Gasteiger partial charge >= 0.3 is 0 Å². The molecule has 0 aliphatic heterocycles. The van der Waals surface area contributed by atoms with Crippen LogP contribution in [0.4, 0.5) is 0 Å². The second kappa shape index (κ2) is 5.96. The van der Waals surface area contributed by atoms with Gasteiger partial charge in [0.25, 0.3) is 5.89 Å². The quantitative estimate of drug-likeness (QED) is 0.767. The molecule has 1 aromatic rings. The SMILES string of the molecule is CCc1noc(COCC(N)(CC)CC)n1. The van der Waals surface area contributed by atoms with Gasteiger partial charge in [-0.05, 0) is 12.8 Å². The molecule has 1 heterocycles. The Kier molecular flexibility index (Phi) is 4.89. The van der Waals surface area contributed by atoms with Crippen molar-refractivity contribution in [1.29, 1.82) is 0 Å². The van der Waals surface area contributed by atoms with Gasteiger partial charge in [0, 0.05) is 12.0 Å². The van der Waals surface area contributed by atoms with Crippen LogP contribution in [0.15, 0.2) is 4.52 Å². The fourth-order valence-corrected chi connectivity index (χ4v) is 1.29. The predicted molar refractivity (Wildman–Crippen MR) is 60.8 cm³/mol. The van der Waals surface area contributed by atoms with Gasteiger partial charge in [0.15, 0.2) is 5.82 Å². The average Bonchev–Trinajstić information content (AvgIpc) is 2.77. The molecule has 0 radical (unpaired) electrons. The third-order valence-electron chi connectivity index (χ3n) is 2.85. The van der Waals surface area contributed by atoms with Crippen LogP contribution >= 0.6 is 0 Å². The molecule has 5 nitrogen and oxygen atoms in total. The first-order chi connectivity index (χ1) is 7.63. The molecule has 16 heavy (non-hydrogen) atoms. The van der Waals surface area contributed by atoms with E-state index in [4.69, 9.17) is 15.0 Å². The van der Waals surface area contributed by atoms with Crippen LogP contribution < -0.4 is 5.73 Å². The summed E-state index contributed by atoms with van der Waals surface area (Å²) in [7, 11) is 0. The second-order valence-corrected chi connectivity index (χ2v) is 4.02. The maximum Gasteiger partial charge on any atom is 0.252 e. The molecule has 0 aromatic carbocycles. The molecule has 0 unspecified atom stereocenters. The Morgan fingerprint density at radius 2 is 2.00 bits per heavy atom. The van der Waals surface area contributed by atoms with Crippen molar-refractivity contribution in [1.82, 2.24) is 10.1 Å². The van der Waals surface area contributed by atoms with Crippen LogP contribution in [0.2, 0.25) is 0 Å². The molecule has 5 heteroatoms. The van der Waals surface area contributed by atoms with Crippen molar-refractivity contribution in [3.05, 3.63) is 11.7 Å². The van der Waals surface area contributed by atoms with Crippen LogP contribution in [0.5, 0.6) is 0 Å². The first kappa shape index (κ1) is 13.1. The fraction of sp³-hybridized carbons (Fsp3) is 0.818. The van der Waals surface area contributed by atoms with Crippen LogP contribution in [0.3, 0.4) is 0 Å². The van der Waals surface area contributed by atoms with Crippen molar-refractivity contribution in [3.8, 4) is 0 Å². The summed E-state index contributed by atoms with van der Waals surface area (Å²) in [5.74, 6) is 1.23. The van der Waals surface area contributed by atoms with Crippen LogP contribution in [0.25, 0.3) is 0 Å². The molecule has 2 N–H and O–H groups in total. The first-order valence-corrected chi connectivity index (χ1v) is 5.81. The minimum atomic E-state index is -0.242. The van der Waals surface area contributed by atoms with Gasteiger partial charge < -0.3 is 15.0 Å². The highest BCUT2D eigenvalue weighted by Crippen LogP contribution is 2.12. The normalized spacial score (nSPS) is 12.0. The topological polar surface area (TPSA) is 74.2 Å². The van der Waals surface area contributed by atoms with E-state index in [0.717, 1.165) is 19.3 Å². The summed E-state index contributed by atoms with van der Waals surface area (Å²) in [6.45, 7) is 6.97. The van der Waals surface area contributed by atoms with Crippen molar-refractivity contribution in [2.75, 3.05) is 6.61 Å². The van der Waals surface area contributed by atoms with Gasteiger partial charge in [-0.2, -0.15) is 4.98 Å². The molecule has 0 saturated carbocycles. The van der Waals surface area contributed by atoms with E-state index in [9.17, 15) is 0 Å². The highest BCUT2D eigenvalue weighted by Gasteiger charge is 2.20. The maximum atomic E-state index is 6.10. The van der Waals surface area contributed by atoms with E-state index < -0.39 is 0 Å². The molecule has 0 aliphatic rings. The Balaban J connectivity index is 2.35. The number of aryl methyl sites for hydroxylation is 1. The van der Waals surface area contributed by atoms with E-state index in [-0.39, 0.29) is 5.54 Å². The molecular weight excluding hydrogens is 206 g/mol. The summed E-state index contributed by atoms with van der Waals surface area (Å²) >= 11 is 0. The van der Waals surface area contributed by atoms with Crippen LogP contribution in [0, 0.1) is 0 Å². The molecule has 0 fully saturated rings. The van der Waals surface area contributed by atoms with E-state index in [1.807, 2.05) is 6.92 Å². The molecule has 0 atom stereocenters. The molecule has 0 saturated heterocycles.